The summed E-state index contributed by atoms with van der Waals surface area (Å²) in [6, 6.07) is 2.98. The second-order valence-electron chi connectivity index (χ2n) is 5.54. The first-order chi connectivity index (χ1) is 11.0. The summed E-state index contributed by atoms with van der Waals surface area (Å²) in [5.74, 6) is -1.19. The third-order valence-corrected chi connectivity index (χ3v) is 6.61. The number of sulfonamides is 2. The minimum Gasteiger partial charge on any atom is -0.324 e. The van der Waals surface area contributed by atoms with Crippen LogP contribution in [0.25, 0.3) is 0 Å². The van der Waals surface area contributed by atoms with Crippen LogP contribution in [0.15, 0.2) is 23.1 Å². The van der Waals surface area contributed by atoms with Gasteiger partial charge in [0.05, 0.1) is 16.3 Å². The van der Waals surface area contributed by atoms with Crippen molar-refractivity contribution in [3.8, 4) is 0 Å². The van der Waals surface area contributed by atoms with Crippen molar-refractivity contribution in [1.82, 2.24) is 4.72 Å². The van der Waals surface area contributed by atoms with Gasteiger partial charge in [-0.25, -0.2) is 25.9 Å². The van der Waals surface area contributed by atoms with Gasteiger partial charge in [0.2, 0.25) is 20.0 Å². The fourth-order valence-electron chi connectivity index (χ4n) is 1.81. The lowest BCUT2D eigenvalue weighted by Crippen LogP contribution is -2.49. The number of nitrogens with two attached hydrogens (primary N) is 1. The number of nitrogens with one attached hydrogen (secondary N) is 2. The highest BCUT2D eigenvalue weighted by molar-refractivity contribution is 7.92. The van der Waals surface area contributed by atoms with E-state index in [0.29, 0.717) is 12.8 Å². The van der Waals surface area contributed by atoms with E-state index in [1.165, 1.54) is 6.92 Å². The minimum atomic E-state index is -3.95. The standard InChI is InChI=1S/C14H24FN3O4S2/c1-4-14(16,5-2)10-17-24(21,22)11-7-8-13(12(15)9-11)18-23(19,20)6-3/h7-9,17-18H,4-6,10,16H2,1-3H3. The molecule has 7 nitrogen and oxygen atoms in total. The van der Waals surface area contributed by atoms with Crippen LogP contribution in [0, 0.1) is 5.82 Å². The summed E-state index contributed by atoms with van der Waals surface area (Å²) in [6.07, 6.45) is 1.16. The predicted octanol–water partition coefficient (Wildman–Crippen LogP) is 1.38. The highest BCUT2D eigenvalue weighted by atomic mass is 32.2. The van der Waals surface area contributed by atoms with E-state index in [9.17, 15) is 21.2 Å². The first-order valence-corrected chi connectivity index (χ1v) is 10.7. The van der Waals surface area contributed by atoms with Crippen molar-refractivity contribution in [3.05, 3.63) is 24.0 Å². The predicted molar refractivity (Wildman–Crippen MR) is 92.2 cm³/mol. The van der Waals surface area contributed by atoms with Gasteiger partial charge in [-0.3, -0.25) is 4.72 Å². The SMILES string of the molecule is CCC(N)(CC)CNS(=O)(=O)c1ccc(NS(=O)(=O)CC)c(F)c1. The Morgan fingerprint density at radius 2 is 1.71 bits per heavy atom. The van der Waals surface area contributed by atoms with Crippen LogP contribution in [-0.4, -0.2) is 34.7 Å². The summed E-state index contributed by atoms with van der Waals surface area (Å²) in [5, 5.41) is 0. The summed E-state index contributed by atoms with van der Waals surface area (Å²) in [6.45, 7) is 5.13. The molecular weight excluding hydrogens is 357 g/mol. The van der Waals surface area contributed by atoms with Gasteiger partial charge in [-0.15, -0.1) is 0 Å². The van der Waals surface area contributed by atoms with Gasteiger partial charge in [-0.1, -0.05) is 13.8 Å². The molecule has 24 heavy (non-hydrogen) atoms. The molecule has 138 valence electrons. The molecule has 10 heteroatoms. The fraction of sp³-hybridized carbons (Fsp3) is 0.571. The van der Waals surface area contributed by atoms with Gasteiger partial charge in [0.25, 0.3) is 0 Å². The lowest BCUT2D eigenvalue weighted by Gasteiger charge is -2.26. The van der Waals surface area contributed by atoms with Crippen molar-refractivity contribution in [2.24, 2.45) is 5.73 Å². The molecule has 0 amide bonds. The molecule has 0 saturated heterocycles. The zero-order valence-electron chi connectivity index (χ0n) is 14.0. The Balaban J connectivity index is 3.00. The second-order valence-corrected chi connectivity index (χ2v) is 9.32. The summed E-state index contributed by atoms with van der Waals surface area (Å²) >= 11 is 0. The normalized spacial score (nSPS) is 13.0. The molecule has 1 rings (SSSR count). The number of benzene rings is 1. The van der Waals surface area contributed by atoms with Crippen molar-refractivity contribution in [1.29, 1.82) is 0 Å². The van der Waals surface area contributed by atoms with Crippen LogP contribution in [0.3, 0.4) is 0 Å². The highest BCUT2D eigenvalue weighted by Crippen LogP contribution is 2.20. The molecule has 0 radical (unpaired) electrons. The van der Waals surface area contributed by atoms with Crippen LogP contribution in [0.5, 0.6) is 0 Å². The number of hydrogen-bond donors (Lipinski definition) is 3. The lowest BCUT2D eigenvalue weighted by atomic mass is 9.95. The molecule has 0 fully saturated rings. The van der Waals surface area contributed by atoms with E-state index in [1.54, 1.807) is 0 Å². The van der Waals surface area contributed by atoms with Crippen molar-refractivity contribution < 1.29 is 21.2 Å². The van der Waals surface area contributed by atoms with Crippen LogP contribution in [0.4, 0.5) is 10.1 Å². The summed E-state index contributed by atoms with van der Waals surface area (Å²) in [5.41, 5.74) is 5.06. The number of anilines is 1. The average molecular weight is 381 g/mol. The van der Waals surface area contributed by atoms with Gasteiger partial charge in [0.1, 0.15) is 5.82 Å². The second kappa shape index (κ2) is 7.77. The topological polar surface area (TPSA) is 118 Å². The van der Waals surface area contributed by atoms with E-state index in [4.69, 9.17) is 5.73 Å². The number of halogens is 1. The van der Waals surface area contributed by atoms with E-state index in [0.717, 1.165) is 18.2 Å². The van der Waals surface area contributed by atoms with Crippen LogP contribution in [0.1, 0.15) is 33.6 Å². The van der Waals surface area contributed by atoms with E-state index >= 15 is 0 Å². The van der Waals surface area contributed by atoms with Crippen LogP contribution >= 0.6 is 0 Å². The summed E-state index contributed by atoms with van der Waals surface area (Å²) < 4.78 is 65.8. The van der Waals surface area contributed by atoms with Gasteiger partial charge >= 0.3 is 0 Å². The number of hydrogen-bond acceptors (Lipinski definition) is 5. The molecule has 0 bridgehead atoms. The molecule has 0 aliphatic heterocycles. The Morgan fingerprint density at radius 1 is 1.12 bits per heavy atom. The molecule has 0 aliphatic carbocycles. The zero-order valence-corrected chi connectivity index (χ0v) is 15.6. The summed E-state index contributed by atoms with van der Waals surface area (Å²) in [7, 11) is -7.60. The minimum absolute atomic E-state index is 0.0220. The van der Waals surface area contributed by atoms with E-state index in [2.05, 4.69) is 9.44 Å². The number of rotatable bonds is 9. The average Bonchev–Trinajstić information content (AvgIpc) is 2.54. The Bertz CT molecular complexity index is 775. The molecule has 0 unspecified atom stereocenters. The third kappa shape index (κ3) is 5.40. The Hall–Kier alpha value is -1.23. The molecule has 0 aromatic heterocycles. The molecular formula is C14H24FN3O4S2. The smallest absolute Gasteiger partial charge is 0.240 e. The first-order valence-electron chi connectivity index (χ1n) is 7.57. The largest absolute Gasteiger partial charge is 0.324 e. The Morgan fingerprint density at radius 3 is 2.17 bits per heavy atom. The first kappa shape index (κ1) is 20.8. The van der Waals surface area contributed by atoms with Crippen molar-refractivity contribution >= 4 is 25.7 Å². The highest BCUT2D eigenvalue weighted by Gasteiger charge is 2.24. The quantitative estimate of drug-likeness (QED) is 0.597. The summed E-state index contributed by atoms with van der Waals surface area (Å²) in [4.78, 5) is -0.297. The van der Waals surface area contributed by atoms with Crippen molar-refractivity contribution in [2.45, 2.75) is 44.0 Å². The molecule has 0 aliphatic rings. The van der Waals surface area contributed by atoms with Gasteiger partial charge < -0.3 is 5.73 Å². The fourth-order valence-corrected chi connectivity index (χ4v) is 3.60. The zero-order chi connectivity index (χ0) is 18.6. The van der Waals surface area contributed by atoms with Gasteiger partial charge in [-0.2, -0.15) is 0 Å². The van der Waals surface area contributed by atoms with Gasteiger partial charge in [0, 0.05) is 12.1 Å². The van der Waals surface area contributed by atoms with Crippen LogP contribution in [-0.2, 0) is 20.0 Å². The van der Waals surface area contributed by atoms with Crippen molar-refractivity contribution in [2.75, 3.05) is 17.0 Å². The Labute approximate surface area is 142 Å². The van der Waals surface area contributed by atoms with E-state index < -0.39 is 31.4 Å². The molecule has 0 spiro atoms. The molecule has 1 aromatic rings. The maximum absolute atomic E-state index is 14.0. The maximum atomic E-state index is 14.0. The van der Waals surface area contributed by atoms with Gasteiger partial charge in [-0.05, 0) is 38.0 Å². The molecule has 0 atom stereocenters. The monoisotopic (exact) mass is 381 g/mol. The lowest BCUT2D eigenvalue weighted by molar-refractivity contribution is 0.391. The molecule has 4 N–H and O–H groups in total. The van der Waals surface area contributed by atoms with Gasteiger partial charge in [0.15, 0.2) is 0 Å². The molecule has 0 saturated carbocycles. The molecule has 0 heterocycles. The van der Waals surface area contributed by atoms with E-state index in [1.807, 2.05) is 13.8 Å². The van der Waals surface area contributed by atoms with Crippen LogP contribution in [0.2, 0.25) is 0 Å². The Kier molecular flexibility index (Phi) is 6.74. The maximum Gasteiger partial charge on any atom is 0.240 e. The van der Waals surface area contributed by atoms with Crippen molar-refractivity contribution in [3.63, 3.8) is 0 Å². The van der Waals surface area contributed by atoms with Crippen LogP contribution < -0.4 is 15.2 Å². The van der Waals surface area contributed by atoms with E-state index in [-0.39, 0.29) is 22.9 Å². The molecule has 1 aromatic carbocycles. The third-order valence-electron chi connectivity index (χ3n) is 3.92.